The lowest BCUT2D eigenvalue weighted by Crippen LogP contribution is -2.54. The molecule has 3 aromatic rings. The highest BCUT2D eigenvalue weighted by Crippen LogP contribution is 2.35. The summed E-state index contributed by atoms with van der Waals surface area (Å²) in [5, 5.41) is 2.67. The fourth-order valence-electron chi connectivity index (χ4n) is 3.64. The second kappa shape index (κ2) is 11.5. The number of nitrogens with one attached hydrogen (secondary N) is 1. The first-order valence-electron chi connectivity index (χ1n) is 11.1. The van der Waals surface area contributed by atoms with Crippen molar-refractivity contribution >= 4 is 79.4 Å². The van der Waals surface area contributed by atoms with E-state index < -0.39 is 11.8 Å². The van der Waals surface area contributed by atoms with E-state index in [-0.39, 0.29) is 10.7 Å². The highest BCUT2D eigenvalue weighted by atomic mass is 127. The van der Waals surface area contributed by atoms with Gasteiger partial charge < -0.3 is 9.47 Å². The van der Waals surface area contributed by atoms with E-state index in [0.29, 0.717) is 29.4 Å². The van der Waals surface area contributed by atoms with Gasteiger partial charge in [0.2, 0.25) is 0 Å². The monoisotopic (exact) mass is 676 g/mol. The van der Waals surface area contributed by atoms with Crippen LogP contribution in [0.2, 0.25) is 0 Å². The topological polar surface area (TPSA) is 67.9 Å². The Hall–Kier alpha value is -2.76. The zero-order chi connectivity index (χ0) is 25.8. The van der Waals surface area contributed by atoms with Gasteiger partial charge in [-0.1, -0.05) is 47.1 Å². The number of ether oxygens (including phenoxy) is 2. The van der Waals surface area contributed by atoms with Crippen LogP contribution in [0.25, 0.3) is 6.08 Å². The number of carbonyl (C=O) groups is 2. The normalized spacial score (nSPS) is 14.7. The molecular weight excluding hydrogens is 655 g/mol. The van der Waals surface area contributed by atoms with Gasteiger partial charge in [-0.15, -0.1) is 0 Å². The maximum atomic E-state index is 13.3. The number of halogens is 2. The molecule has 184 valence electrons. The third kappa shape index (κ3) is 5.79. The van der Waals surface area contributed by atoms with E-state index in [1.165, 1.54) is 11.0 Å². The maximum Gasteiger partial charge on any atom is 0.270 e. The van der Waals surface area contributed by atoms with E-state index in [0.717, 1.165) is 25.6 Å². The van der Waals surface area contributed by atoms with Gasteiger partial charge in [-0.3, -0.25) is 19.8 Å². The molecule has 0 aromatic heterocycles. The van der Waals surface area contributed by atoms with Crippen LogP contribution >= 0.6 is 50.7 Å². The maximum absolute atomic E-state index is 13.3. The summed E-state index contributed by atoms with van der Waals surface area (Å²) in [4.78, 5) is 27.4. The van der Waals surface area contributed by atoms with Crippen molar-refractivity contribution < 1.29 is 19.1 Å². The van der Waals surface area contributed by atoms with Gasteiger partial charge in [0.05, 0.1) is 16.4 Å². The van der Waals surface area contributed by atoms with Gasteiger partial charge in [0.15, 0.2) is 16.6 Å². The Morgan fingerprint density at radius 1 is 1.06 bits per heavy atom. The fourth-order valence-corrected chi connectivity index (χ4v) is 4.97. The number of benzene rings is 3. The summed E-state index contributed by atoms with van der Waals surface area (Å²) in [5.74, 6) is 0.0481. The van der Waals surface area contributed by atoms with Gasteiger partial charge in [-0.2, -0.15) is 0 Å². The molecule has 3 aromatic carbocycles. The largest absolute Gasteiger partial charge is 0.493 e. The quantitative estimate of drug-likeness (QED) is 0.143. The first kappa shape index (κ1) is 26.3. The number of nitrogens with zero attached hydrogens (tertiary/aromatic N) is 1. The van der Waals surface area contributed by atoms with Crippen molar-refractivity contribution in [3.63, 3.8) is 0 Å². The van der Waals surface area contributed by atoms with Gasteiger partial charge in [-0.25, -0.2) is 0 Å². The van der Waals surface area contributed by atoms with E-state index >= 15 is 0 Å². The molecule has 1 fully saturated rings. The SMILES string of the molecule is CCc1ccc(N2C(=O)/C(=C/c3cc(I)c(OCc4ccc(Br)cc4)c(OC)c3)C(=O)NC2=S)cc1. The van der Waals surface area contributed by atoms with Crippen molar-refractivity contribution in [1.82, 2.24) is 5.32 Å². The molecular formula is C27H22BrIN2O4S. The minimum atomic E-state index is -0.545. The minimum absolute atomic E-state index is 0.0236. The molecule has 2 amide bonds. The predicted octanol–water partition coefficient (Wildman–Crippen LogP) is 6.04. The lowest BCUT2D eigenvalue weighted by atomic mass is 10.1. The van der Waals surface area contributed by atoms with Crippen LogP contribution in [0.4, 0.5) is 5.69 Å². The molecule has 4 rings (SSSR count). The van der Waals surface area contributed by atoms with Crippen LogP contribution in [0.1, 0.15) is 23.6 Å². The highest BCUT2D eigenvalue weighted by Gasteiger charge is 2.34. The second-order valence-electron chi connectivity index (χ2n) is 7.93. The molecule has 0 bridgehead atoms. The molecule has 0 saturated carbocycles. The number of thiocarbonyl (C=S) groups is 1. The van der Waals surface area contributed by atoms with Crippen LogP contribution in [-0.4, -0.2) is 24.0 Å². The number of anilines is 1. The summed E-state index contributed by atoms with van der Waals surface area (Å²) in [6, 6.07) is 18.9. The summed E-state index contributed by atoms with van der Waals surface area (Å²) < 4.78 is 13.4. The van der Waals surface area contributed by atoms with Crippen LogP contribution in [0.3, 0.4) is 0 Å². The molecule has 1 N–H and O–H groups in total. The third-order valence-corrected chi connectivity index (χ3v) is 7.18. The predicted molar refractivity (Wildman–Crippen MR) is 156 cm³/mol. The number of amides is 2. The minimum Gasteiger partial charge on any atom is -0.493 e. The van der Waals surface area contributed by atoms with Crippen molar-refractivity contribution in [3.8, 4) is 11.5 Å². The van der Waals surface area contributed by atoms with Crippen molar-refractivity contribution in [2.75, 3.05) is 12.0 Å². The van der Waals surface area contributed by atoms with Gasteiger partial charge in [0.25, 0.3) is 11.8 Å². The molecule has 0 unspecified atom stereocenters. The Labute approximate surface area is 236 Å². The summed E-state index contributed by atoms with van der Waals surface area (Å²) in [5.41, 5.74) is 3.34. The van der Waals surface area contributed by atoms with Gasteiger partial charge in [0.1, 0.15) is 12.2 Å². The van der Waals surface area contributed by atoms with Gasteiger partial charge in [0, 0.05) is 4.47 Å². The summed E-state index contributed by atoms with van der Waals surface area (Å²) in [7, 11) is 1.55. The van der Waals surface area contributed by atoms with Gasteiger partial charge >= 0.3 is 0 Å². The summed E-state index contributed by atoms with van der Waals surface area (Å²) in [6.07, 6.45) is 2.42. The lowest BCUT2D eigenvalue weighted by Gasteiger charge is -2.29. The highest BCUT2D eigenvalue weighted by molar-refractivity contribution is 14.1. The Morgan fingerprint density at radius 3 is 2.36 bits per heavy atom. The van der Waals surface area contributed by atoms with Crippen LogP contribution in [0, 0.1) is 3.57 Å². The molecule has 0 atom stereocenters. The molecule has 36 heavy (non-hydrogen) atoms. The molecule has 0 radical (unpaired) electrons. The van der Waals surface area contributed by atoms with Crippen LogP contribution < -0.4 is 19.7 Å². The zero-order valence-corrected chi connectivity index (χ0v) is 24.1. The Balaban J connectivity index is 1.62. The molecule has 1 aliphatic heterocycles. The van der Waals surface area contributed by atoms with Crippen LogP contribution in [-0.2, 0) is 22.6 Å². The molecule has 1 aliphatic rings. The molecule has 1 saturated heterocycles. The molecule has 6 nitrogen and oxygen atoms in total. The van der Waals surface area contributed by atoms with Gasteiger partial charge in [-0.05, 0) is 100 Å². The van der Waals surface area contributed by atoms with Crippen molar-refractivity contribution in [2.45, 2.75) is 20.0 Å². The number of hydrogen-bond donors (Lipinski definition) is 1. The third-order valence-electron chi connectivity index (χ3n) is 5.56. The van der Waals surface area contributed by atoms with E-state index in [4.69, 9.17) is 21.7 Å². The first-order valence-corrected chi connectivity index (χ1v) is 13.3. The summed E-state index contributed by atoms with van der Waals surface area (Å²) in [6.45, 7) is 2.42. The summed E-state index contributed by atoms with van der Waals surface area (Å²) >= 11 is 10.9. The number of methoxy groups -OCH3 is 1. The van der Waals surface area contributed by atoms with Crippen LogP contribution in [0.15, 0.2) is 70.7 Å². The molecule has 0 spiro atoms. The Bertz CT molecular complexity index is 1360. The van der Waals surface area contributed by atoms with Crippen LogP contribution in [0.5, 0.6) is 11.5 Å². The van der Waals surface area contributed by atoms with Crippen molar-refractivity contribution in [3.05, 3.63) is 91.0 Å². The number of rotatable bonds is 7. The standard InChI is InChI=1S/C27H22BrIN2O4S/c1-3-16-6-10-20(11-7-16)31-26(33)21(25(32)30-27(31)36)12-18-13-22(29)24(23(14-18)34-2)35-15-17-4-8-19(28)9-5-17/h4-14H,3,15H2,1-2H3,(H,30,32,36)/b21-12+. The number of hydrogen-bond acceptors (Lipinski definition) is 5. The molecule has 9 heteroatoms. The first-order chi connectivity index (χ1) is 17.3. The van der Waals surface area contributed by atoms with Crippen molar-refractivity contribution in [1.29, 1.82) is 0 Å². The van der Waals surface area contributed by atoms with E-state index in [9.17, 15) is 9.59 Å². The average Bonchev–Trinajstić information content (AvgIpc) is 2.87. The molecule has 1 heterocycles. The number of carbonyl (C=O) groups excluding carboxylic acids is 2. The lowest BCUT2D eigenvalue weighted by molar-refractivity contribution is -0.122. The van der Waals surface area contributed by atoms with Crippen molar-refractivity contribution in [2.24, 2.45) is 0 Å². The second-order valence-corrected chi connectivity index (χ2v) is 10.4. The Kier molecular flexibility index (Phi) is 8.43. The smallest absolute Gasteiger partial charge is 0.270 e. The molecule has 0 aliphatic carbocycles. The van der Waals surface area contributed by atoms with E-state index in [1.807, 2.05) is 54.6 Å². The zero-order valence-electron chi connectivity index (χ0n) is 19.5. The number of aryl methyl sites for hydroxylation is 1. The van der Waals surface area contributed by atoms with E-state index in [2.05, 4.69) is 50.8 Å². The van der Waals surface area contributed by atoms with E-state index in [1.54, 1.807) is 13.2 Å². The Morgan fingerprint density at radius 2 is 1.72 bits per heavy atom. The fraction of sp³-hybridized carbons (Fsp3) is 0.148. The average molecular weight is 677 g/mol.